The van der Waals surface area contributed by atoms with Crippen LogP contribution >= 0.6 is 0 Å². The van der Waals surface area contributed by atoms with E-state index in [1.165, 1.54) is 97.2 Å². The molecule has 28 N–H and O–H groups in total. The number of ketones is 8. The maximum atomic E-state index is 15.0. The number of nitrogens with two attached hydrogens (primary N) is 8. The van der Waals surface area contributed by atoms with Gasteiger partial charge in [0.25, 0.3) is 0 Å². The highest BCUT2D eigenvalue weighted by Gasteiger charge is 2.40. The molecule has 40 nitrogen and oxygen atoms in total. The first-order valence-electron chi connectivity index (χ1n) is 50.3. The number of Topliss-reactive ketones (excluding diaryl/α,β-unsaturated/α-hetero) is 8. The molecule has 138 heavy (non-hydrogen) atoms. The summed E-state index contributed by atoms with van der Waals surface area (Å²) in [6.45, 7) is 12.4. The number of unbranched alkanes of at least 4 members (excludes halogenated alkanes) is 16. The highest BCUT2D eigenvalue weighted by molar-refractivity contribution is 6.00. The smallest absolute Gasteiger partial charge is 0.226 e. The summed E-state index contributed by atoms with van der Waals surface area (Å²) >= 11 is 0. The van der Waals surface area contributed by atoms with Crippen molar-refractivity contribution in [2.24, 2.45) is 110 Å². The number of aliphatic imine (C=N–C) groups is 1. The summed E-state index contributed by atoms with van der Waals surface area (Å²) in [5.41, 5.74) is 47.0. The molecule has 0 bridgehead atoms. The largest absolute Gasteiger partial charge is 0.394 e. The Morgan fingerprint density at radius 2 is 0.783 bits per heavy atom. The summed E-state index contributed by atoms with van der Waals surface area (Å²) in [4.78, 5) is 258. The van der Waals surface area contributed by atoms with Gasteiger partial charge in [0.2, 0.25) is 53.2 Å². The maximum absolute atomic E-state index is 15.0. The third-order valence-corrected chi connectivity index (χ3v) is 25.3. The van der Waals surface area contributed by atoms with Crippen molar-refractivity contribution < 1.29 is 96.8 Å². The van der Waals surface area contributed by atoms with E-state index in [2.05, 4.69) is 69.1 Å². The van der Waals surface area contributed by atoms with Crippen molar-refractivity contribution in [2.45, 2.75) is 367 Å². The van der Waals surface area contributed by atoms with E-state index < -0.39 is 254 Å². The number of carbonyl (C=O) groups is 17. The predicted octanol–water partition coefficient (Wildman–Crippen LogP) is 3.82. The molecule has 0 fully saturated rings. The molecule has 2 aromatic heterocycles. The first kappa shape index (κ1) is 124. The summed E-state index contributed by atoms with van der Waals surface area (Å²) in [5.74, 6) is -22.0. The van der Waals surface area contributed by atoms with E-state index in [0.29, 0.717) is 62.8 Å². The molecule has 0 aromatic carbocycles. The van der Waals surface area contributed by atoms with Gasteiger partial charge >= 0.3 is 0 Å². The fraction of sp³-hybridized carbons (Fsp3) is 0.755. The Balaban J connectivity index is 2.46. The minimum Gasteiger partial charge on any atom is -0.394 e. The number of amides is 9. The SMILES string of the molecule is CCCCCCCCCCCCCCCC(=O)C[C@@H](Cc1cnc[nH]1)C(=O)N[C@@H](CO)C(=O)C[C@@H](CCCCN)C(=O)NCC(=O)C[C@@H](Cc1cnc[nH]1)C(=O)N[C@@H](CCC(N)=O)C(=O)C[C@@H](CCCCN)C(=O)N[C@@H](CCCN=C(N)N)C(=O)C[C@@H](CCCCN)C(=O)N[C@@H](C)C(=O)C[C@@H](CC(C)C)C(=O)N[C@@H](CCCCN)C(=O)C[C@H](C(=O)N[C@H](C(=O)C[C@H](C(N)=O)C(C)C)[C@@H](C)O)[C@@H](C)O. The first-order chi connectivity index (χ1) is 65.6. The lowest BCUT2D eigenvalue weighted by atomic mass is 9.86. The number of hydrogen-bond donors (Lipinski definition) is 20. The Kier molecular flexibility index (Phi) is 64.2. The molecule has 0 saturated carbocycles. The molecule has 0 spiro atoms. The third-order valence-electron chi connectivity index (χ3n) is 25.3. The molecule has 2 heterocycles. The topological polar surface area (TPSA) is 713 Å². The third kappa shape index (κ3) is 52.3. The number of imidazole rings is 2. The van der Waals surface area contributed by atoms with E-state index in [1.54, 1.807) is 27.7 Å². The van der Waals surface area contributed by atoms with Gasteiger partial charge in [0.1, 0.15) is 17.9 Å². The molecule has 9 amide bonds. The number of guanidine groups is 1. The van der Waals surface area contributed by atoms with E-state index in [1.807, 2.05) is 0 Å². The molecular weight excluding hydrogens is 1780 g/mol. The Morgan fingerprint density at radius 3 is 1.20 bits per heavy atom. The van der Waals surface area contributed by atoms with E-state index in [0.717, 1.165) is 25.7 Å². The quantitative estimate of drug-likeness (QED) is 0.0254. The molecule has 16 atom stereocenters. The van der Waals surface area contributed by atoms with Gasteiger partial charge in [-0.25, -0.2) is 9.97 Å². The van der Waals surface area contributed by atoms with Gasteiger partial charge in [0.15, 0.2) is 46.4 Å². The molecule has 0 aliphatic rings. The minimum absolute atomic E-state index is 0.00767. The molecule has 0 unspecified atom stereocenters. The van der Waals surface area contributed by atoms with Crippen LogP contribution < -0.4 is 83.1 Å². The van der Waals surface area contributed by atoms with Crippen LogP contribution in [-0.2, 0) is 94.3 Å². The molecule has 2 rings (SSSR count). The van der Waals surface area contributed by atoms with Gasteiger partial charge in [0, 0.05) is 137 Å². The van der Waals surface area contributed by atoms with Crippen LogP contribution in [-0.4, -0.2) is 235 Å². The van der Waals surface area contributed by atoms with Crippen molar-refractivity contribution in [2.75, 3.05) is 45.9 Å². The number of H-pyrrole nitrogens is 2. The number of aliphatic hydroxyl groups excluding tert-OH is 3. The number of aromatic amines is 2. The minimum atomic E-state index is -1.55. The normalized spacial score (nSPS) is 15.0. The van der Waals surface area contributed by atoms with Gasteiger partial charge in [0.05, 0.1) is 79.9 Å². The second-order valence-electron chi connectivity index (χ2n) is 38.2. The van der Waals surface area contributed by atoms with Gasteiger partial charge in [-0.05, 0) is 149 Å². The van der Waals surface area contributed by atoms with Crippen molar-refractivity contribution >= 4 is 105 Å². The predicted molar refractivity (Wildman–Crippen MR) is 524 cm³/mol. The summed E-state index contributed by atoms with van der Waals surface area (Å²) in [5, 5.41) is 50.8. The number of nitrogens with zero attached hydrogens (tertiary/aromatic N) is 3. The number of rotatable bonds is 85. The standard InChI is InChI=1S/C98H170N20O20/c1-9-10-11-12-13-14-15-16-17-18-19-20-21-34-74(122)47-70(45-72-55-107-59-111-72)96(137)117-81(58-119)85(127)49-66(31-22-26-39-99)91(132)110-57-75(123)48-71(46-73-56-108-60-112-73)95(136)116-80(37-38-88(103)130)84(126)51-68(33-24-28-41-101)93(134)114-79(36-30-43-109-98(105)106)83(125)50-67(32-23-27-40-100)92(133)113-63(6)82(124)52-69(44-61(2)3)94(135)115-78(35-25-29-42-102)86(128)54-77(64(7)120)97(138)118-89(65(8)121)87(129)53-76(62(4)5)90(104)131/h55-56,59-71,76-81,89,119-121H,9-54,57-58,99-102H2,1-8H3,(H2,103,130)(H2,104,131)(H,107,111)(H,108,112)(H,110,132)(H,113,133)(H,114,134)(H,115,135)(H,116,136)(H,117,137)(H,118,138)(H4,105,106,109)/t63-,64+,65+,66+,67+,68+,69+,70+,71+,76-,77-,78-,79-,80-,81-,89-/m0/s1. The summed E-state index contributed by atoms with van der Waals surface area (Å²) in [6, 6.07) is -8.45. The lowest BCUT2D eigenvalue weighted by Crippen LogP contribution is -2.53. The number of aromatic nitrogens is 4. The fourth-order valence-corrected chi connectivity index (χ4v) is 16.8. The number of primary amides is 2. The molecule has 40 heteroatoms. The van der Waals surface area contributed by atoms with E-state index in [9.17, 15) is 96.8 Å². The van der Waals surface area contributed by atoms with Crippen molar-refractivity contribution in [3.8, 4) is 0 Å². The summed E-state index contributed by atoms with van der Waals surface area (Å²) in [7, 11) is 0. The second-order valence-corrected chi connectivity index (χ2v) is 38.2. The number of hydrogen-bond acceptors (Lipinski definition) is 27. The van der Waals surface area contributed by atoms with Crippen LogP contribution in [0.2, 0.25) is 0 Å². The van der Waals surface area contributed by atoms with Crippen LogP contribution in [0.3, 0.4) is 0 Å². The van der Waals surface area contributed by atoms with Gasteiger partial charge in [-0.15, -0.1) is 0 Å². The first-order valence-corrected chi connectivity index (χ1v) is 50.3. The van der Waals surface area contributed by atoms with Crippen molar-refractivity contribution in [3.63, 3.8) is 0 Å². The lowest BCUT2D eigenvalue weighted by molar-refractivity contribution is -0.139. The highest BCUT2D eigenvalue weighted by atomic mass is 16.3. The monoisotopic (exact) mass is 1950 g/mol. The molecule has 2 aromatic rings. The Morgan fingerprint density at radius 1 is 0.384 bits per heavy atom. The number of aliphatic hydroxyl groups is 3. The zero-order chi connectivity index (χ0) is 103. The van der Waals surface area contributed by atoms with Gasteiger partial charge in [-0.2, -0.15) is 0 Å². The van der Waals surface area contributed by atoms with Gasteiger partial charge < -0.3 is 108 Å². The van der Waals surface area contributed by atoms with Gasteiger partial charge in [-0.1, -0.05) is 131 Å². The molecular formula is C98H170N20O20. The molecule has 0 aliphatic carbocycles. The van der Waals surface area contributed by atoms with Crippen LogP contribution in [0.25, 0.3) is 0 Å². The second kappa shape index (κ2) is 71.4. The molecule has 0 aliphatic heterocycles. The van der Waals surface area contributed by atoms with Crippen LogP contribution in [0.1, 0.15) is 317 Å². The zero-order valence-electron chi connectivity index (χ0n) is 83.4. The fourth-order valence-electron chi connectivity index (χ4n) is 16.8. The summed E-state index contributed by atoms with van der Waals surface area (Å²) in [6.07, 6.45) is 16.4. The lowest BCUT2D eigenvalue weighted by Gasteiger charge is -2.28. The van der Waals surface area contributed by atoms with Gasteiger partial charge in [-0.3, -0.25) is 86.5 Å². The van der Waals surface area contributed by atoms with Crippen molar-refractivity contribution in [1.82, 2.24) is 57.2 Å². The average Bonchev–Trinajstić information content (AvgIpc) is 0.925. The number of carbonyl (C=O) groups excluding carboxylic acids is 17. The highest BCUT2D eigenvalue weighted by Crippen LogP contribution is 2.28. The van der Waals surface area contributed by atoms with E-state index >= 15 is 0 Å². The molecule has 0 radical (unpaired) electrons. The van der Waals surface area contributed by atoms with E-state index in [-0.39, 0.29) is 140 Å². The van der Waals surface area contributed by atoms with Crippen molar-refractivity contribution in [1.29, 1.82) is 0 Å². The Bertz CT molecular complexity index is 4030. The van der Waals surface area contributed by atoms with Crippen LogP contribution in [0, 0.1) is 59.2 Å². The average molecular weight is 1950 g/mol. The Labute approximate surface area is 815 Å². The Hall–Kier alpha value is -10.00. The van der Waals surface area contributed by atoms with Crippen molar-refractivity contribution in [3.05, 3.63) is 36.4 Å². The van der Waals surface area contributed by atoms with Crippen LogP contribution in [0.5, 0.6) is 0 Å². The maximum Gasteiger partial charge on any atom is 0.226 e. The molecule has 0 saturated heterocycles. The summed E-state index contributed by atoms with van der Waals surface area (Å²) < 4.78 is 0. The van der Waals surface area contributed by atoms with Crippen LogP contribution in [0.15, 0.2) is 30.0 Å². The molecule has 782 valence electrons. The number of nitrogens with one attached hydrogen (secondary N) is 9. The zero-order valence-corrected chi connectivity index (χ0v) is 83.4. The van der Waals surface area contributed by atoms with E-state index in [4.69, 9.17) is 45.9 Å². The van der Waals surface area contributed by atoms with Crippen LogP contribution in [0.4, 0.5) is 0 Å².